The molecule has 2 N–H and O–H groups in total. The van der Waals surface area contributed by atoms with Crippen molar-refractivity contribution in [3.63, 3.8) is 0 Å². The first-order chi connectivity index (χ1) is 14.2. The zero-order valence-corrected chi connectivity index (χ0v) is 16.6. The van der Waals surface area contributed by atoms with Crippen molar-refractivity contribution in [2.24, 2.45) is 5.92 Å². The van der Waals surface area contributed by atoms with Gasteiger partial charge in [-0.05, 0) is 67.3 Å². The number of benzene rings is 1. The van der Waals surface area contributed by atoms with Crippen LogP contribution in [0.25, 0.3) is 10.9 Å². The van der Waals surface area contributed by atoms with Crippen LogP contribution in [0, 0.1) is 5.92 Å². The van der Waals surface area contributed by atoms with Crippen molar-refractivity contribution in [1.82, 2.24) is 9.55 Å². The molecule has 1 aromatic carbocycles. The molecule has 0 amide bonds. The van der Waals surface area contributed by atoms with Crippen molar-refractivity contribution in [1.29, 1.82) is 0 Å². The topological polar surface area (TPSA) is 67.2 Å². The summed E-state index contributed by atoms with van der Waals surface area (Å²) >= 11 is 0. The molecule has 5 heteroatoms. The van der Waals surface area contributed by atoms with Gasteiger partial charge in [0.05, 0.1) is 5.52 Å². The molecule has 2 aliphatic carbocycles. The molecule has 2 saturated carbocycles. The van der Waals surface area contributed by atoms with Gasteiger partial charge in [0.25, 0.3) is 0 Å². The van der Waals surface area contributed by atoms with Crippen LogP contribution in [-0.4, -0.2) is 20.6 Å². The second-order valence-electron chi connectivity index (χ2n) is 8.58. The van der Waals surface area contributed by atoms with Gasteiger partial charge in [-0.2, -0.15) is 0 Å². The largest absolute Gasteiger partial charge is 0.478 e. The summed E-state index contributed by atoms with van der Waals surface area (Å²) in [6, 6.07) is 10.1. The highest BCUT2D eigenvalue weighted by Gasteiger charge is 2.26. The average molecular weight is 389 g/mol. The number of carboxylic acid groups (broad SMARTS) is 1. The third-order valence-electron chi connectivity index (χ3n) is 6.43. The fourth-order valence-corrected chi connectivity index (χ4v) is 4.65. The molecule has 0 unspecified atom stereocenters. The summed E-state index contributed by atoms with van der Waals surface area (Å²) in [6.07, 6.45) is 12.9. The van der Waals surface area contributed by atoms with E-state index in [1.807, 2.05) is 18.3 Å². The second kappa shape index (κ2) is 7.54. The Kier molecular flexibility index (Phi) is 4.74. The van der Waals surface area contributed by atoms with E-state index in [-0.39, 0.29) is 5.56 Å². The number of aromatic nitrogens is 2. The van der Waals surface area contributed by atoms with Gasteiger partial charge in [0.2, 0.25) is 0 Å². The lowest BCUT2D eigenvalue weighted by Gasteiger charge is -2.22. The molecule has 2 heterocycles. The van der Waals surface area contributed by atoms with E-state index in [1.165, 1.54) is 37.6 Å². The summed E-state index contributed by atoms with van der Waals surface area (Å²) in [5.74, 6) is 0.706. The van der Waals surface area contributed by atoms with Gasteiger partial charge in [0.15, 0.2) is 0 Å². The SMILES string of the molecule is O=C(O)c1cc(C2CC2)cnc1Nc1cccc2c1ccn2CC1CCCCC1. The first-order valence-corrected chi connectivity index (χ1v) is 10.8. The maximum atomic E-state index is 11.8. The first kappa shape index (κ1) is 18.2. The summed E-state index contributed by atoms with van der Waals surface area (Å²) in [5.41, 5.74) is 3.36. The predicted molar refractivity (Wildman–Crippen MR) is 115 cm³/mol. The van der Waals surface area contributed by atoms with Crippen molar-refractivity contribution < 1.29 is 9.90 Å². The van der Waals surface area contributed by atoms with Crippen molar-refractivity contribution in [3.05, 3.63) is 53.9 Å². The molecular formula is C24H27N3O2. The summed E-state index contributed by atoms with van der Waals surface area (Å²) in [7, 11) is 0. The number of carboxylic acids is 1. The molecular weight excluding hydrogens is 362 g/mol. The Morgan fingerprint density at radius 3 is 2.72 bits per heavy atom. The lowest BCUT2D eigenvalue weighted by Crippen LogP contribution is -2.13. The molecule has 2 fully saturated rings. The van der Waals surface area contributed by atoms with E-state index in [9.17, 15) is 9.90 Å². The third kappa shape index (κ3) is 3.74. The number of hydrogen-bond donors (Lipinski definition) is 2. The van der Waals surface area contributed by atoms with Crippen LogP contribution in [0.1, 0.15) is 66.8 Å². The van der Waals surface area contributed by atoms with Gasteiger partial charge < -0.3 is 15.0 Å². The number of aromatic carboxylic acids is 1. The molecule has 5 rings (SSSR count). The number of anilines is 2. The molecule has 150 valence electrons. The number of pyridine rings is 1. The molecule has 0 atom stereocenters. The van der Waals surface area contributed by atoms with Crippen LogP contribution in [0.3, 0.4) is 0 Å². The van der Waals surface area contributed by atoms with Gasteiger partial charge in [-0.1, -0.05) is 25.3 Å². The molecule has 2 aromatic heterocycles. The zero-order valence-electron chi connectivity index (χ0n) is 16.6. The maximum absolute atomic E-state index is 11.8. The summed E-state index contributed by atoms with van der Waals surface area (Å²) in [6.45, 7) is 1.06. The van der Waals surface area contributed by atoms with Gasteiger partial charge in [-0.3, -0.25) is 0 Å². The first-order valence-electron chi connectivity index (χ1n) is 10.8. The monoisotopic (exact) mass is 389 g/mol. The number of nitrogens with zero attached hydrogens (tertiary/aromatic N) is 2. The van der Waals surface area contributed by atoms with Crippen LogP contribution >= 0.6 is 0 Å². The van der Waals surface area contributed by atoms with Crippen LogP contribution in [0.15, 0.2) is 42.7 Å². The summed E-state index contributed by atoms with van der Waals surface area (Å²) in [4.78, 5) is 16.3. The smallest absolute Gasteiger partial charge is 0.339 e. The molecule has 0 saturated heterocycles. The highest BCUT2D eigenvalue weighted by Crippen LogP contribution is 2.41. The van der Waals surface area contributed by atoms with E-state index in [0.717, 1.165) is 41.9 Å². The van der Waals surface area contributed by atoms with Crippen molar-refractivity contribution >= 4 is 28.4 Å². The highest BCUT2D eigenvalue weighted by molar-refractivity contribution is 5.98. The molecule has 5 nitrogen and oxygen atoms in total. The minimum absolute atomic E-state index is 0.244. The van der Waals surface area contributed by atoms with Crippen LogP contribution in [0.4, 0.5) is 11.5 Å². The van der Waals surface area contributed by atoms with E-state index in [4.69, 9.17) is 0 Å². The minimum Gasteiger partial charge on any atom is -0.478 e. The van der Waals surface area contributed by atoms with E-state index >= 15 is 0 Å². The second-order valence-corrected chi connectivity index (χ2v) is 8.58. The fourth-order valence-electron chi connectivity index (χ4n) is 4.65. The maximum Gasteiger partial charge on any atom is 0.339 e. The zero-order chi connectivity index (χ0) is 19.8. The Morgan fingerprint density at radius 1 is 1.14 bits per heavy atom. The van der Waals surface area contributed by atoms with E-state index < -0.39 is 5.97 Å². The third-order valence-corrected chi connectivity index (χ3v) is 6.43. The van der Waals surface area contributed by atoms with Gasteiger partial charge in [0, 0.05) is 30.0 Å². The van der Waals surface area contributed by atoms with Gasteiger partial charge in [-0.15, -0.1) is 0 Å². The molecule has 0 spiro atoms. The van der Waals surface area contributed by atoms with E-state index in [0.29, 0.717) is 11.7 Å². The Morgan fingerprint density at radius 2 is 1.97 bits per heavy atom. The van der Waals surface area contributed by atoms with Crippen LogP contribution in [0.5, 0.6) is 0 Å². The number of carbonyl (C=O) groups is 1. The lowest BCUT2D eigenvalue weighted by molar-refractivity contribution is 0.0697. The van der Waals surface area contributed by atoms with Gasteiger partial charge in [-0.25, -0.2) is 9.78 Å². The van der Waals surface area contributed by atoms with Gasteiger partial charge in [0.1, 0.15) is 11.4 Å². The molecule has 0 aliphatic heterocycles. The molecule has 0 bridgehead atoms. The van der Waals surface area contributed by atoms with E-state index in [1.54, 1.807) is 6.07 Å². The van der Waals surface area contributed by atoms with Crippen LogP contribution < -0.4 is 5.32 Å². The average Bonchev–Trinajstić information content (AvgIpc) is 3.51. The number of rotatable bonds is 6. The molecule has 3 aromatic rings. The number of hydrogen-bond acceptors (Lipinski definition) is 3. The summed E-state index contributed by atoms with van der Waals surface area (Å²) in [5, 5.41) is 14.1. The molecule has 2 aliphatic rings. The van der Waals surface area contributed by atoms with Gasteiger partial charge >= 0.3 is 5.97 Å². The quantitative estimate of drug-likeness (QED) is 0.548. The van der Waals surface area contributed by atoms with Crippen LogP contribution in [0.2, 0.25) is 0 Å². The summed E-state index contributed by atoms with van der Waals surface area (Å²) < 4.78 is 2.35. The number of nitrogens with one attached hydrogen (secondary N) is 1. The Balaban J connectivity index is 1.44. The molecule has 29 heavy (non-hydrogen) atoms. The Bertz CT molecular complexity index is 1050. The van der Waals surface area contributed by atoms with Crippen molar-refractivity contribution in [2.45, 2.75) is 57.4 Å². The van der Waals surface area contributed by atoms with Crippen molar-refractivity contribution in [2.75, 3.05) is 5.32 Å². The van der Waals surface area contributed by atoms with Crippen LogP contribution in [-0.2, 0) is 6.54 Å². The standard InChI is InChI=1S/C24H27N3O2/c28-24(29)20-13-18(17-9-10-17)14-25-23(20)26-21-7-4-8-22-19(21)11-12-27(22)15-16-5-2-1-3-6-16/h4,7-8,11-14,16-17H,1-3,5-6,9-10,15H2,(H,25,26)(H,28,29). The lowest BCUT2D eigenvalue weighted by atomic mass is 9.89. The van der Waals surface area contributed by atoms with E-state index in [2.05, 4.69) is 33.2 Å². The Labute approximate surface area is 170 Å². The highest BCUT2D eigenvalue weighted by atomic mass is 16.4. The predicted octanol–water partition coefficient (Wildman–Crippen LogP) is 5.94. The van der Waals surface area contributed by atoms with Crippen molar-refractivity contribution in [3.8, 4) is 0 Å². The molecule has 0 radical (unpaired) electrons. The minimum atomic E-state index is -0.940. The fraction of sp³-hybridized carbons (Fsp3) is 0.417. The normalized spacial score (nSPS) is 17.5. The number of fused-ring (bicyclic) bond motifs is 1. The Hall–Kier alpha value is -2.82.